The zero-order valence-corrected chi connectivity index (χ0v) is 19.9. The van der Waals surface area contributed by atoms with Crippen LogP contribution in [-0.2, 0) is 14.4 Å². The van der Waals surface area contributed by atoms with Crippen molar-refractivity contribution >= 4 is 40.5 Å². The molecule has 2 aliphatic rings. The molecule has 3 unspecified atom stereocenters. The first-order valence-electron chi connectivity index (χ1n) is 10.9. The Morgan fingerprint density at radius 3 is 2.19 bits per heavy atom. The van der Waals surface area contributed by atoms with Gasteiger partial charge >= 0.3 is 0 Å². The number of methoxy groups -OCH3 is 2. The summed E-state index contributed by atoms with van der Waals surface area (Å²) in [6, 6.07) is 16.5. The van der Waals surface area contributed by atoms with Gasteiger partial charge in [0.2, 0.25) is 5.91 Å². The van der Waals surface area contributed by atoms with E-state index < -0.39 is 34.8 Å². The molecular weight excluding hydrogens is 490 g/mol. The van der Waals surface area contributed by atoms with E-state index in [0.29, 0.717) is 27.8 Å². The molecule has 10 nitrogen and oxygen atoms in total. The van der Waals surface area contributed by atoms with Crippen LogP contribution in [0.25, 0.3) is 0 Å². The molecule has 2 aliphatic heterocycles. The number of fused-ring (bicyclic) bond motifs is 1. The number of hydrogen-bond donors (Lipinski definition) is 0. The van der Waals surface area contributed by atoms with Crippen LogP contribution in [0.3, 0.4) is 0 Å². The van der Waals surface area contributed by atoms with Crippen LogP contribution < -0.4 is 19.4 Å². The van der Waals surface area contributed by atoms with Crippen LogP contribution >= 0.6 is 11.6 Å². The Hall–Kier alpha value is -4.15. The number of amides is 2. The lowest BCUT2D eigenvalue weighted by Crippen LogP contribution is -2.37. The number of nitro groups is 1. The highest BCUT2D eigenvalue weighted by Crippen LogP contribution is 2.50. The Kier molecular flexibility index (Phi) is 5.99. The van der Waals surface area contributed by atoms with Crippen molar-refractivity contribution in [2.45, 2.75) is 12.1 Å². The topological polar surface area (TPSA) is 111 Å². The summed E-state index contributed by atoms with van der Waals surface area (Å²) in [7, 11) is 3.04. The largest absolute Gasteiger partial charge is 0.497 e. The minimum atomic E-state index is -1.11. The Morgan fingerprint density at radius 2 is 1.58 bits per heavy atom. The highest BCUT2D eigenvalue weighted by Gasteiger charge is 2.60. The maximum Gasteiger partial charge on any atom is 0.269 e. The van der Waals surface area contributed by atoms with E-state index in [0.717, 1.165) is 4.90 Å². The number of benzene rings is 3. The first-order chi connectivity index (χ1) is 17.3. The van der Waals surface area contributed by atoms with Gasteiger partial charge in [0.25, 0.3) is 11.6 Å². The summed E-state index contributed by atoms with van der Waals surface area (Å²) in [5, 5.41) is 13.1. The molecule has 2 fully saturated rings. The summed E-state index contributed by atoms with van der Waals surface area (Å²) in [5.74, 6) is -0.946. The zero-order valence-electron chi connectivity index (χ0n) is 19.2. The van der Waals surface area contributed by atoms with Gasteiger partial charge in [-0.1, -0.05) is 11.6 Å². The Bertz CT molecular complexity index is 1350. The lowest BCUT2D eigenvalue weighted by Gasteiger charge is -2.29. The summed E-state index contributed by atoms with van der Waals surface area (Å²) in [5.41, 5.74) is 1.29. The third-order valence-corrected chi connectivity index (χ3v) is 6.53. The highest BCUT2D eigenvalue weighted by molar-refractivity contribution is 6.30. The van der Waals surface area contributed by atoms with Gasteiger partial charge in [0.15, 0.2) is 6.10 Å². The molecule has 2 heterocycles. The third-order valence-electron chi connectivity index (χ3n) is 6.27. The second kappa shape index (κ2) is 9.14. The van der Waals surface area contributed by atoms with Gasteiger partial charge in [-0.15, -0.1) is 0 Å². The molecule has 5 rings (SSSR count). The number of ether oxygens (including phenoxy) is 2. The van der Waals surface area contributed by atoms with Crippen molar-refractivity contribution in [2.75, 3.05) is 24.2 Å². The SMILES string of the molecule is COc1ccc(C2C3C(=O)N(c4ccc([N+](=O)[O-])cc4)C(=O)C3ON2c2ccc(Cl)cc2)c(OC)c1. The standard InChI is InChI=1S/C25H20ClN3O7/c1-34-18-11-12-19(20(13-18)35-2)22-21-23(36-28(22)16-5-3-14(26)4-6-16)25(31)27(24(21)30)15-7-9-17(10-8-15)29(32)33/h3-13,21-23H,1-2H3. The van der Waals surface area contributed by atoms with Crippen LogP contribution in [0.5, 0.6) is 11.5 Å². The van der Waals surface area contributed by atoms with Gasteiger partial charge in [-0.2, -0.15) is 0 Å². The molecule has 0 spiro atoms. The van der Waals surface area contributed by atoms with Gasteiger partial charge in [0, 0.05) is 28.8 Å². The fourth-order valence-electron chi connectivity index (χ4n) is 4.58. The van der Waals surface area contributed by atoms with Crippen molar-refractivity contribution in [3.8, 4) is 11.5 Å². The summed E-state index contributed by atoms with van der Waals surface area (Å²) < 4.78 is 10.9. The van der Waals surface area contributed by atoms with Gasteiger partial charge in [0.1, 0.15) is 17.4 Å². The molecule has 0 radical (unpaired) electrons. The third kappa shape index (κ3) is 3.80. The number of carbonyl (C=O) groups is 2. The molecule has 3 aromatic rings. The molecule has 2 amide bonds. The van der Waals surface area contributed by atoms with Crippen LogP contribution in [0.2, 0.25) is 5.02 Å². The quantitative estimate of drug-likeness (QED) is 0.274. The van der Waals surface area contributed by atoms with E-state index >= 15 is 0 Å². The van der Waals surface area contributed by atoms with Crippen molar-refractivity contribution in [3.63, 3.8) is 0 Å². The lowest BCUT2D eigenvalue weighted by molar-refractivity contribution is -0.384. The number of hydroxylamine groups is 1. The molecule has 0 N–H and O–H groups in total. The van der Waals surface area contributed by atoms with E-state index in [1.165, 1.54) is 43.5 Å². The molecule has 36 heavy (non-hydrogen) atoms. The highest BCUT2D eigenvalue weighted by atomic mass is 35.5. The van der Waals surface area contributed by atoms with Crippen molar-refractivity contribution in [2.24, 2.45) is 5.92 Å². The Labute approximate surface area is 210 Å². The average Bonchev–Trinajstić information content (AvgIpc) is 3.39. The number of nitro benzene ring substituents is 1. The molecule has 3 atom stereocenters. The van der Waals surface area contributed by atoms with Crippen LogP contribution in [0.4, 0.5) is 17.1 Å². The van der Waals surface area contributed by atoms with Crippen LogP contribution in [0.1, 0.15) is 11.6 Å². The Balaban J connectivity index is 1.59. The molecular formula is C25H20ClN3O7. The number of anilines is 2. The van der Waals surface area contributed by atoms with Crippen molar-refractivity contribution in [1.82, 2.24) is 0 Å². The minimum absolute atomic E-state index is 0.149. The first-order valence-corrected chi connectivity index (χ1v) is 11.3. The molecule has 3 aromatic carbocycles. The van der Waals surface area contributed by atoms with Crippen LogP contribution in [0.15, 0.2) is 66.7 Å². The van der Waals surface area contributed by atoms with Gasteiger partial charge in [0.05, 0.1) is 36.6 Å². The second-order valence-electron chi connectivity index (χ2n) is 8.19. The average molecular weight is 510 g/mol. The Morgan fingerprint density at radius 1 is 0.917 bits per heavy atom. The van der Waals surface area contributed by atoms with Gasteiger partial charge in [-0.05, 0) is 48.5 Å². The molecule has 184 valence electrons. The van der Waals surface area contributed by atoms with Crippen molar-refractivity contribution in [3.05, 3.63) is 87.4 Å². The predicted octanol–water partition coefficient (Wildman–Crippen LogP) is 4.32. The first kappa shape index (κ1) is 23.6. The fraction of sp³-hybridized carbons (Fsp3) is 0.200. The number of hydrogen-bond acceptors (Lipinski definition) is 8. The number of nitrogens with zero attached hydrogens (tertiary/aromatic N) is 3. The van der Waals surface area contributed by atoms with Gasteiger partial charge in [-0.25, -0.2) is 9.96 Å². The van der Waals surface area contributed by atoms with Crippen molar-refractivity contribution < 1.29 is 28.8 Å². The van der Waals surface area contributed by atoms with E-state index in [2.05, 4.69) is 0 Å². The van der Waals surface area contributed by atoms with E-state index in [1.54, 1.807) is 42.5 Å². The summed E-state index contributed by atoms with van der Waals surface area (Å²) in [4.78, 5) is 44.8. The normalized spacial score (nSPS) is 21.0. The van der Waals surface area contributed by atoms with Crippen LogP contribution in [-0.4, -0.2) is 37.1 Å². The molecule has 0 aromatic heterocycles. The second-order valence-corrected chi connectivity index (χ2v) is 8.63. The van der Waals surface area contributed by atoms with E-state index in [-0.39, 0.29) is 11.4 Å². The fourth-order valence-corrected chi connectivity index (χ4v) is 4.71. The maximum atomic E-state index is 13.7. The summed E-state index contributed by atoms with van der Waals surface area (Å²) in [6.07, 6.45) is -1.11. The van der Waals surface area contributed by atoms with Crippen LogP contribution in [0, 0.1) is 16.0 Å². The van der Waals surface area contributed by atoms with Gasteiger partial charge in [-0.3, -0.25) is 24.5 Å². The van der Waals surface area contributed by atoms with E-state index in [1.807, 2.05) is 0 Å². The van der Waals surface area contributed by atoms with Crippen molar-refractivity contribution in [1.29, 1.82) is 0 Å². The number of halogens is 1. The maximum absolute atomic E-state index is 13.7. The summed E-state index contributed by atoms with van der Waals surface area (Å²) in [6.45, 7) is 0. The molecule has 0 aliphatic carbocycles. The van der Waals surface area contributed by atoms with Gasteiger partial charge < -0.3 is 9.47 Å². The predicted molar refractivity (Wildman–Crippen MR) is 130 cm³/mol. The minimum Gasteiger partial charge on any atom is -0.497 e. The molecule has 2 saturated heterocycles. The number of non-ortho nitro benzene ring substituents is 1. The number of carbonyl (C=O) groups excluding carboxylic acids is 2. The zero-order chi connectivity index (χ0) is 25.6. The number of rotatable bonds is 6. The smallest absolute Gasteiger partial charge is 0.269 e. The number of imide groups is 1. The van der Waals surface area contributed by atoms with E-state index in [9.17, 15) is 19.7 Å². The van der Waals surface area contributed by atoms with E-state index in [4.69, 9.17) is 25.9 Å². The lowest BCUT2D eigenvalue weighted by atomic mass is 9.90. The molecule has 0 bridgehead atoms. The monoisotopic (exact) mass is 509 g/mol. The molecule has 11 heteroatoms. The summed E-state index contributed by atoms with van der Waals surface area (Å²) >= 11 is 6.06. The molecule has 0 saturated carbocycles.